The summed E-state index contributed by atoms with van der Waals surface area (Å²) in [5.74, 6) is 0.674. The van der Waals surface area contributed by atoms with Crippen molar-refractivity contribution in [2.75, 3.05) is 24.6 Å². The second-order valence-corrected chi connectivity index (χ2v) is 7.21. The van der Waals surface area contributed by atoms with Crippen LogP contribution in [0.5, 0.6) is 0 Å². The summed E-state index contributed by atoms with van der Waals surface area (Å²) >= 11 is 1.41. The number of anilines is 1. The maximum Gasteiger partial charge on any atom is 0.226 e. The normalized spacial score (nSPS) is 17.7. The van der Waals surface area contributed by atoms with Crippen LogP contribution in [0.4, 0.5) is 5.95 Å². The average Bonchev–Trinajstić information content (AvgIpc) is 3.33. The maximum atomic E-state index is 9.06. The highest BCUT2D eigenvalue weighted by Gasteiger charge is 2.25. The SMILES string of the molecule is N#Cc1cc2nc(N3CCOC(c4cccc5[nH]ncc45)C3)ncc2s1. The number of rotatable bonds is 2. The molecule has 0 aliphatic carbocycles. The summed E-state index contributed by atoms with van der Waals surface area (Å²) in [6.45, 7) is 2.01. The Morgan fingerprint density at radius 1 is 1.35 bits per heavy atom. The van der Waals surface area contributed by atoms with Gasteiger partial charge in [0.15, 0.2) is 0 Å². The van der Waals surface area contributed by atoms with Gasteiger partial charge in [-0.15, -0.1) is 11.3 Å². The highest BCUT2D eigenvalue weighted by molar-refractivity contribution is 7.19. The Morgan fingerprint density at radius 3 is 3.23 bits per heavy atom. The smallest absolute Gasteiger partial charge is 0.226 e. The Balaban J connectivity index is 1.47. The van der Waals surface area contributed by atoms with E-state index in [1.54, 1.807) is 6.20 Å². The summed E-state index contributed by atoms with van der Waals surface area (Å²) in [5, 5.41) is 17.3. The number of benzene rings is 1. The highest BCUT2D eigenvalue weighted by Crippen LogP contribution is 2.30. The van der Waals surface area contributed by atoms with Gasteiger partial charge in [-0.2, -0.15) is 10.4 Å². The van der Waals surface area contributed by atoms with Crippen molar-refractivity contribution in [1.29, 1.82) is 5.26 Å². The van der Waals surface area contributed by atoms with E-state index in [1.807, 2.05) is 24.4 Å². The minimum atomic E-state index is -0.0681. The number of H-pyrrole nitrogens is 1. The van der Waals surface area contributed by atoms with Gasteiger partial charge in [-0.1, -0.05) is 12.1 Å². The van der Waals surface area contributed by atoms with Crippen LogP contribution in [0.15, 0.2) is 36.7 Å². The number of thiophene rings is 1. The fraction of sp³-hybridized carbons (Fsp3) is 0.222. The molecule has 3 aromatic heterocycles. The van der Waals surface area contributed by atoms with Crippen molar-refractivity contribution in [3.8, 4) is 6.07 Å². The maximum absolute atomic E-state index is 9.06. The lowest BCUT2D eigenvalue weighted by Gasteiger charge is -2.33. The molecule has 1 atom stereocenters. The third-order valence-electron chi connectivity index (χ3n) is 4.58. The van der Waals surface area contributed by atoms with E-state index in [0.29, 0.717) is 24.0 Å². The van der Waals surface area contributed by atoms with Crippen molar-refractivity contribution in [2.45, 2.75) is 6.10 Å². The number of hydrogen-bond acceptors (Lipinski definition) is 7. The zero-order chi connectivity index (χ0) is 17.5. The minimum absolute atomic E-state index is 0.0681. The first kappa shape index (κ1) is 15.3. The molecule has 5 rings (SSSR count). The molecular weight excluding hydrogens is 348 g/mol. The zero-order valence-corrected chi connectivity index (χ0v) is 14.5. The molecule has 0 amide bonds. The number of nitrogens with zero attached hydrogens (tertiary/aromatic N) is 5. The molecule has 1 N–H and O–H groups in total. The van der Waals surface area contributed by atoms with Gasteiger partial charge in [0.1, 0.15) is 17.1 Å². The summed E-state index contributed by atoms with van der Waals surface area (Å²) in [6, 6.07) is 10.1. The second kappa shape index (κ2) is 6.05. The predicted octanol–water partition coefficient (Wildman–Crippen LogP) is 3.02. The Hall–Kier alpha value is -3.02. The molecular formula is C18H14N6OS. The zero-order valence-electron chi connectivity index (χ0n) is 13.7. The van der Waals surface area contributed by atoms with Crippen molar-refractivity contribution in [3.63, 3.8) is 0 Å². The molecule has 1 aliphatic rings. The molecule has 0 bridgehead atoms. The van der Waals surface area contributed by atoms with E-state index in [4.69, 9.17) is 10.00 Å². The van der Waals surface area contributed by atoms with Crippen LogP contribution in [0.2, 0.25) is 0 Å². The number of hydrogen-bond donors (Lipinski definition) is 1. The van der Waals surface area contributed by atoms with E-state index in [1.165, 1.54) is 11.3 Å². The van der Waals surface area contributed by atoms with Crippen LogP contribution in [0.25, 0.3) is 21.1 Å². The van der Waals surface area contributed by atoms with Crippen molar-refractivity contribution < 1.29 is 4.74 Å². The predicted molar refractivity (Wildman–Crippen MR) is 99.1 cm³/mol. The molecule has 1 fully saturated rings. The van der Waals surface area contributed by atoms with E-state index in [0.717, 1.165) is 33.2 Å². The molecule has 1 saturated heterocycles. The topological polar surface area (TPSA) is 90.7 Å². The average molecular weight is 362 g/mol. The third kappa shape index (κ3) is 2.49. The lowest BCUT2D eigenvalue weighted by molar-refractivity contribution is 0.0402. The first-order valence-electron chi connectivity index (χ1n) is 8.27. The molecule has 7 nitrogen and oxygen atoms in total. The van der Waals surface area contributed by atoms with Gasteiger partial charge in [0.05, 0.1) is 41.3 Å². The fourth-order valence-corrected chi connectivity index (χ4v) is 4.09. The molecule has 0 spiro atoms. The number of nitrogens with one attached hydrogen (secondary N) is 1. The first-order valence-corrected chi connectivity index (χ1v) is 9.09. The van der Waals surface area contributed by atoms with Crippen LogP contribution >= 0.6 is 11.3 Å². The van der Waals surface area contributed by atoms with E-state index in [2.05, 4.69) is 37.2 Å². The fourth-order valence-electron chi connectivity index (χ4n) is 3.33. The summed E-state index contributed by atoms with van der Waals surface area (Å²) in [4.78, 5) is 11.9. The number of aromatic amines is 1. The Labute approximate surface area is 152 Å². The van der Waals surface area contributed by atoms with Gasteiger partial charge in [0.25, 0.3) is 0 Å². The van der Waals surface area contributed by atoms with Crippen molar-refractivity contribution in [3.05, 3.63) is 47.1 Å². The number of aromatic nitrogens is 4. The van der Waals surface area contributed by atoms with E-state index < -0.39 is 0 Å². The van der Waals surface area contributed by atoms with Crippen LogP contribution in [-0.2, 0) is 4.74 Å². The van der Waals surface area contributed by atoms with Crippen molar-refractivity contribution >= 4 is 38.4 Å². The molecule has 1 aliphatic heterocycles. The van der Waals surface area contributed by atoms with Gasteiger partial charge in [0, 0.05) is 11.9 Å². The van der Waals surface area contributed by atoms with E-state index in [-0.39, 0.29) is 6.10 Å². The number of fused-ring (bicyclic) bond motifs is 2. The van der Waals surface area contributed by atoms with Crippen molar-refractivity contribution in [1.82, 2.24) is 20.2 Å². The Kier molecular flexibility index (Phi) is 3.55. The lowest BCUT2D eigenvalue weighted by atomic mass is 10.0. The van der Waals surface area contributed by atoms with Gasteiger partial charge in [-0.25, -0.2) is 9.97 Å². The number of nitriles is 1. The molecule has 0 radical (unpaired) electrons. The number of morpholine rings is 1. The van der Waals surface area contributed by atoms with Crippen LogP contribution in [0.1, 0.15) is 16.5 Å². The van der Waals surface area contributed by atoms with Gasteiger partial charge >= 0.3 is 0 Å². The summed E-state index contributed by atoms with van der Waals surface area (Å²) in [5.41, 5.74) is 2.93. The Bertz CT molecular complexity index is 1140. The Morgan fingerprint density at radius 2 is 2.31 bits per heavy atom. The summed E-state index contributed by atoms with van der Waals surface area (Å²) in [6.07, 6.45) is 3.57. The van der Waals surface area contributed by atoms with Gasteiger partial charge in [-0.3, -0.25) is 5.10 Å². The van der Waals surface area contributed by atoms with Crippen LogP contribution < -0.4 is 4.90 Å². The molecule has 1 unspecified atom stereocenters. The molecule has 26 heavy (non-hydrogen) atoms. The van der Waals surface area contributed by atoms with Gasteiger partial charge < -0.3 is 9.64 Å². The molecule has 0 saturated carbocycles. The van der Waals surface area contributed by atoms with Crippen LogP contribution in [-0.4, -0.2) is 39.9 Å². The minimum Gasteiger partial charge on any atom is -0.370 e. The molecule has 8 heteroatoms. The van der Waals surface area contributed by atoms with Crippen molar-refractivity contribution in [2.24, 2.45) is 0 Å². The van der Waals surface area contributed by atoms with E-state index >= 15 is 0 Å². The molecule has 1 aromatic carbocycles. The molecule has 128 valence electrons. The largest absolute Gasteiger partial charge is 0.370 e. The van der Waals surface area contributed by atoms with E-state index in [9.17, 15) is 0 Å². The molecule has 4 heterocycles. The quantitative estimate of drug-likeness (QED) is 0.589. The van der Waals surface area contributed by atoms with Gasteiger partial charge in [0.2, 0.25) is 5.95 Å². The second-order valence-electron chi connectivity index (χ2n) is 6.13. The highest BCUT2D eigenvalue weighted by atomic mass is 32.1. The van der Waals surface area contributed by atoms with Crippen LogP contribution in [0, 0.1) is 11.3 Å². The van der Waals surface area contributed by atoms with Gasteiger partial charge in [-0.05, 0) is 17.7 Å². The monoisotopic (exact) mass is 362 g/mol. The summed E-state index contributed by atoms with van der Waals surface area (Å²) in [7, 11) is 0. The molecule has 4 aromatic rings. The summed E-state index contributed by atoms with van der Waals surface area (Å²) < 4.78 is 6.95. The standard InChI is InChI=1S/C18H14N6OS/c19-7-11-6-15-17(26-11)9-20-18(22-15)24-4-5-25-16(10-24)12-2-1-3-14-13(12)8-21-23-14/h1-3,6,8-9,16H,4-5,10H2,(H,21,23). The first-order chi connectivity index (χ1) is 12.8. The lowest BCUT2D eigenvalue weighted by Crippen LogP contribution is -2.39. The number of ether oxygens (including phenoxy) is 1. The third-order valence-corrected chi connectivity index (χ3v) is 5.55. The van der Waals surface area contributed by atoms with Crippen LogP contribution in [0.3, 0.4) is 0 Å².